The summed E-state index contributed by atoms with van der Waals surface area (Å²) in [4.78, 5) is 39.9. The lowest BCUT2D eigenvalue weighted by Gasteiger charge is -2.23. The van der Waals surface area contributed by atoms with Gasteiger partial charge in [-0.05, 0) is 49.0 Å². The van der Waals surface area contributed by atoms with Crippen LogP contribution < -0.4 is 5.32 Å². The molecular weight excluding hydrogens is 380 g/mol. The number of anilines is 1. The summed E-state index contributed by atoms with van der Waals surface area (Å²) in [5.74, 6) is -1.40. The van der Waals surface area contributed by atoms with Crippen molar-refractivity contribution in [1.82, 2.24) is 4.90 Å². The van der Waals surface area contributed by atoms with E-state index < -0.39 is 11.9 Å². The van der Waals surface area contributed by atoms with Crippen LogP contribution in [0.1, 0.15) is 44.5 Å². The number of benzene rings is 1. The minimum atomic E-state index is -0.593. The average Bonchev–Trinajstić information content (AvgIpc) is 3.38. The average molecular weight is 402 g/mol. The molecule has 1 amide bonds. The first kappa shape index (κ1) is 20.0. The first-order chi connectivity index (χ1) is 13.5. The highest BCUT2D eigenvalue weighted by molar-refractivity contribution is 7.10. The summed E-state index contributed by atoms with van der Waals surface area (Å²) in [6.07, 6.45) is 2.04. The molecule has 2 aromatic rings. The van der Waals surface area contributed by atoms with Gasteiger partial charge in [0.2, 0.25) is 5.91 Å². The molecule has 1 aromatic carbocycles. The van der Waals surface area contributed by atoms with Gasteiger partial charge in [0.1, 0.15) is 0 Å². The van der Waals surface area contributed by atoms with Gasteiger partial charge in [-0.15, -0.1) is 11.3 Å². The maximum absolute atomic E-state index is 12.7. The molecule has 3 rings (SSSR count). The predicted octanol–water partition coefficient (Wildman–Crippen LogP) is 3.10. The van der Waals surface area contributed by atoms with Crippen LogP contribution in [0.4, 0.5) is 5.69 Å². The number of likely N-dealkylation sites (tertiary alicyclic amines) is 1. The molecule has 0 spiro atoms. The van der Waals surface area contributed by atoms with Crippen LogP contribution in [0.5, 0.6) is 0 Å². The number of hydrogen-bond donors (Lipinski definition) is 1. The summed E-state index contributed by atoms with van der Waals surface area (Å²) in [6.45, 7) is 1.04. The summed E-state index contributed by atoms with van der Waals surface area (Å²) >= 11 is 1.69. The zero-order chi connectivity index (χ0) is 20.1. The Bertz CT molecular complexity index is 865. The lowest BCUT2D eigenvalue weighted by atomic mass is 10.1. The van der Waals surface area contributed by atoms with Gasteiger partial charge in [-0.3, -0.25) is 9.69 Å². The second-order valence-electron chi connectivity index (χ2n) is 6.44. The number of rotatable bonds is 6. The molecule has 1 saturated heterocycles. The summed E-state index contributed by atoms with van der Waals surface area (Å²) in [6, 6.07) is 8.65. The van der Waals surface area contributed by atoms with Crippen molar-refractivity contribution in [3.8, 4) is 0 Å². The van der Waals surface area contributed by atoms with Crippen molar-refractivity contribution in [2.45, 2.75) is 18.9 Å². The molecule has 1 aliphatic heterocycles. The Morgan fingerprint density at radius 1 is 1.18 bits per heavy atom. The molecular formula is C20H22N2O5S. The summed E-state index contributed by atoms with van der Waals surface area (Å²) in [5, 5.41) is 4.79. The van der Waals surface area contributed by atoms with Crippen molar-refractivity contribution in [2.75, 3.05) is 32.6 Å². The van der Waals surface area contributed by atoms with Crippen LogP contribution in [0, 0.1) is 0 Å². The fourth-order valence-corrected chi connectivity index (χ4v) is 4.27. The van der Waals surface area contributed by atoms with E-state index in [4.69, 9.17) is 9.47 Å². The molecule has 0 bridgehead atoms. The van der Waals surface area contributed by atoms with Gasteiger partial charge >= 0.3 is 11.9 Å². The molecule has 1 N–H and O–H groups in total. The number of methoxy groups -OCH3 is 2. The number of esters is 2. The third-order valence-corrected chi connectivity index (χ3v) is 5.68. The van der Waals surface area contributed by atoms with Crippen LogP contribution in [-0.2, 0) is 14.3 Å². The summed E-state index contributed by atoms with van der Waals surface area (Å²) < 4.78 is 9.48. The van der Waals surface area contributed by atoms with Gasteiger partial charge in [-0.2, -0.15) is 0 Å². The van der Waals surface area contributed by atoms with Crippen LogP contribution in [-0.4, -0.2) is 50.1 Å². The molecule has 7 nitrogen and oxygen atoms in total. The number of hydrogen-bond acceptors (Lipinski definition) is 7. The zero-order valence-electron chi connectivity index (χ0n) is 15.8. The largest absolute Gasteiger partial charge is 0.465 e. The number of amides is 1. The lowest BCUT2D eigenvalue weighted by molar-refractivity contribution is -0.117. The van der Waals surface area contributed by atoms with Crippen LogP contribution in [0.3, 0.4) is 0 Å². The molecule has 0 unspecified atom stereocenters. The predicted molar refractivity (Wildman–Crippen MR) is 106 cm³/mol. The number of nitrogens with zero attached hydrogens (tertiary/aromatic N) is 1. The van der Waals surface area contributed by atoms with Gasteiger partial charge in [0, 0.05) is 10.9 Å². The zero-order valence-corrected chi connectivity index (χ0v) is 16.6. The molecule has 1 fully saturated rings. The van der Waals surface area contributed by atoms with E-state index in [1.54, 1.807) is 11.3 Å². The molecule has 148 valence electrons. The molecule has 28 heavy (non-hydrogen) atoms. The Morgan fingerprint density at radius 3 is 2.64 bits per heavy atom. The molecule has 8 heteroatoms. The van der Waals surface area contributed by atoms with Gasteiger partial charge in [0.05, 0.1) is 37.6 Å². The molecule has 0 aliphatic carbocycles. The Hall–Kier alpha value is -2.71. The van der Waals surface area contributed by atoms with Crippen LogP contribution >= 0.6 is 11.3 Å². The standard InChI is InChI=1S/C20H22N2O5S/c1-26-19(24)13-7-8-14(20(25)27-2)15(11-13)21-18(23)12-22-9-3-5-16(22)17-6-4-10-28-17/h4,6-8,10-11,16H,3,5,9,12H2,1-2H3,(H,21,23)/t16-/m1/s1. The van der Waals surface area contributed by atoms with Crippen LogP contribution in [0.15, 0.2) is 35.7 Å². The van der Waals surface area contributed by atoms with Crippen molar-refractivity contribution in [2.24, 2.45) is 0 Å². The van der Waals surface area contributed by atoms with Crippen LogP contribution in [0.25, 0.3) is 0 Å². The van der Waals surface area contributed by atoms with E-state index >= 15 is 0 Å². The molecule has 1 aliphatic rings. The number of carbonyl (C=O) groups is 3. The van der Waals surface area contributed by atoms with E-state index in [0.29, 0.717) is 0 Å². The second kappa shape index (κ2) is 8.99. The Kier molecular flexibility index (Phi) is 6.43. The van der Waals surface area contributed by atoms with Gasteiger partial charge in [-0.25, -0.2) is 9.59 Å². The Labute approximate surface area is 167 Å². The van der Waals surface area contributed by atoms with Crippen molar-refractivity contribution in [1.29, 1.82) is 0 Å². The highest BCUT2D eigenvalue weighted by atomic mass is 32.1. The number of nitrogens with one attached hydrogen (secondary N) is 1. The lowest BCUT2D eigenvalue weighted by Crippen LogP contribution is -2.33. The van der Waals surface area contributed by atoms with E-state index in [1.165, 1.54) is 37.3 Å². The minimum absolute atomic E-state index is 0.180. The second-order valence-corrected chi connectivity index (χ2v) is 7.41. The molecule has 2 heterocycles. The number of ether oxygens (including phenoxy) is 2. The molecule has 0 radical (unpaired) electrons. The van der Waals surface area contributed by atoms with Gasteiger partial charge < -0.3 is 14.8 Å². The maximum atomic E-state index is 12.7. The maximum Gasteiger partial charge on any atom is 0.339 e. The molecule has 1 aromatic heterocycles. The summed E-state index contributed by atoms with van der Waals surface area (Å²) in [7, 11) is 2.53. The normalized spacial score (nSPS) is 16.6. The first-order valence-corrected chi connectivity index (χ1v) is 9.79. The smallest absolute Gasteiger partial charge is 0.339 e. The number of carbonyl (C=O) groups excluding carboxylic acids is 3. The fourth-order valence-electron chi connectivity index (χ4n) is 3.37. The quantitative estimate of drug-likeness (QED) is 0.748. The SMILES string of the molecule is COC(=O)c1ccc(C(=O)OC)c(NC(=O)CN2CCC[C@@H]2c2cccs2)c1. The third kappa shape index (κ3) is 4.40. The molecule has 1 atom stereocenters. The van der Waals surface area contributed by atoms with Crippen molar-refractivity contribution >= 4 is 34.9 Å². The van der Waals surface area contributed by atoms with Crippen molar-refractivity contribution in [3.63, 3.8) is 0 Å². The van der Waals surface area contributed by atoms with Gasteiger partial charge in [0.25, 0.3) is 0 Å². The molecule has 0 saturated carbocycles. The minimum Gasteiger partial charge on any atom is -0.465 e. The number of thiophene rings is 1. The van der Waals surface area contributed by atoms with Crippen LogP contribution in [0.2, 0.25) is 0 Å². The Balaban J connectivity index is 1.76. The van der Waals surface area contributed by atoms with Crippen molar-refractivity contribution < 1.29 is 23.9 Å². The highest BCUT2D eigenvalue weighted by Gasteiger charge is 2.28. The van der Waals surface area contributed by atoms with E-state index in [9.17, 15) is 14.4 Å². The van der Waals surface area contributed by atoms with E-state index in [-0.39, 0.29) is 35.3 Å². The monoisotopic (exact) mass is 402 g/mol. The highest BCUT2D eigenvalue weighted by Crippen LogP contribution is 2.34. The Morgan fingerprint density at radius 2 is 1.96 bits per heavy atom. The van der Waals surface area contributed by atoms with E-state index in [0.717, 1.165) is 19.4 Å². The topological polar surface area (TPSA) is 84.9 Å². The summed E-state index contributed by atoms with van der Waals surface area (Å²) in [5.41, 5.74) is 0.648. The van der Waals surface area contributed by atoms with E-state index in [1.807, 2.05) is 11.4 Å². The third-order valence-electron chi connectivity index (χ3n) is 4.70. The van der Waals surface area contributed by atoms with Gasteiger partial charge in [0.15, 0.2) is 0 Å². The fraction of sp³-hybridized carbons (Fsp3) is 0.350. The first-order valence-electron chi connectivity index (χ1n) is 8.91. The van der Waals surface area contributed by atoms with Crippen molar-refractivity contribution in [3.05, 3.63) is 51.7 Å². The van der Waals surface area contributed by atoms with E-state index in [2.05, 4.69) is 16.3 Å². The van der Waals surface area contributed by atoms with Gasteiger partial charge in [-0.1, -0.05) is 6.07 Å².